The number of rotatable bonds is 8. The minimum Gasteiger partial charge on any atom is -0.393 e. The molecular formula is C13H26O2. The molecule has 1 N–H and O–H groups in total. The smallest absolute Gasteiger partial charge is 0.0600 e. The van der Waals surface area contributed by atoms with Crippen molar-refractivity contribution < 1.29 is 9.84 Å². The molecule has 0 aliphatic heterocycles. The van der Waals surface area contributed by atoms with Crippen LogP contribution in [0.1, 0.15) is 64.7 Å². The molecule has 1 rings (SSSR count). The summed E-state index contributed by atoms with van der Waals surface area (Å²) in [4.78, 5) is 0. The van der Waals surface area contributed by atoms with Crippen LogP contribution in [0.3, 0.4) is 0 Å². The van der Waals surface area contributed by atoms with E-state index in [1.54, 1.807) is 0 Å². The molecule has 90 valence electrons. The fraction of sp³-hybridized carbons (Fsp3) is 1.00. The van der Waals surface area contributed by atoms with Crippen LogP contribution in [0.15, 0.2) is 0 Å². The van der Waals surface area contributed by atoms with E-state index in [0.29, 0.717) is 6.10 Å². The second-order valence-corrected chi connectivity index (χ2v) is 4.73. The Hall–Kier alpha value is -0.0800. The molecule has 2 atom stereocenters. The van der Waals surface area contributed by atoms with Gasteiger partial charge in [0, 0.05) is 6.61 Å². The molecule has 0 heterocycles. The summed E-state index contributed by atoms with van der Waals surface area (Å²) >= 11 is 0. The van der Waals surface area contributed by atoms with Gasteiger partial charge in [-0.25, -0.2) is 0 Å². The number of aliphatic hydroxyl groups excluding tert-OH is 1. The molecule has 15 heavy (non-hydrogen) atoms. The Morgan fingerprint density at radius 3 is 2.47 bits per heavy atom. The Labute approximate surface area is 94.0 Å². The zero-order valence-corrected chi connectivity index (χ0v) is 10.1. The Bertz CT molecular complexity index is 147. The van der Waals surface area contributed by atoms with E-state index < -0.39 is 0 Å². The zero-order valence-electron chi connectivity index (χ0n) is 10.1. The maximum Gasteiger partial charge on any atom is 0.0600 e. The molecule has 2 nitrogen and oxygen atoms in total. The van der Waals surface area contributed by atoms with Crippen molar-refractivity contribution in [2.45, 2.75) is 76.9 Å². The molecule has 0 aromatic carbocycles. The van der Waals surface area contributed by atoms with Gasteiger partial charge in [-0.2, -0.15) is 0 Å². The second kappa shape index (κ2) is 8.12. The van der Waals surface area contributed by atoms with Crippen LogP contribution in [0.5, 0.6) is 0 Å². The predicted octanol–water partition coefficient (Wildman–Crippen LogP) is 3.28. The van der Waals surface area contributed by atoms with Gasteiger partial charge in [-0.3, -0.25) is 0 Å². The third-order valence-electron chi connectivity index (χ3n) is 3.21. The first-order valence-corrected chi connectivity index (χ1v) is 6.62. The lowest BCUT2D eigenvalue weighted by atomic mass is 10.1. The maximum atomic E-state index is 9.32. The lowest BCUT2D eigenvalue weighted by Crippen LogP contribution is -2.10. The SMILES string of the molecule is CCCCCCCCOC1CCC(O)C1. The molecular weight excluding hydrogens is 188 g/mol. The normalized spacial score (nSPS) is 26.0. The Balaban J connectivity index is 1.81. The van der Waals surface area contributed by atoms with E-state index in [1.165, 1.54) is 38.5 Å². The van der Waals surface area contributed by atoms with E-state index in [1.807, 2.05) is 0 Å². The Kier molecular flexibility index (Phi) is 7.03. The molecule has 0 aromatic rings. The summed E-state index contributed by atoms with van der Waals surface area (Å²) < 4.78 is 5.72. The van der Waals surface area contributed by atoms with E-state index in [9.17, 15) is 5.11 Å². The van der Waals surface area contributed by atoms with Crippen molar-refractivity contribution >= 4 is 0 Å². The number of ether oxygens (including phenoxy) is 1. The molecule has 0 saturated heterocycles. The van der Waals surface area contributed by atoms with Crippen LogP contribution in [0.2, 0.25) is 0 Å². The van der Waals surface area contributed by atoms with E-state index in [-0.39, 0.29) is 6.10 Å². The summed E-state index contributed by atoms with van der Waals surface area (Å²) in [5.74, 6) is 0. The van der Waals surface area contributed by atoms with Gasteiger partial charge in [0.15, 0.2) is 0 Å². The fourth-order valence-electron chi connectivity index (χ4n) is 2.20. The van der Waals surface area contributed by atoms with E-state index in [4.69, 9.17) is 4.74 Å². The molecule has 0 spiro atoms. The van der Waals surface area contributed by atoms with Crippen molar-refractivity contribution in [2.75, 3.05) is 6.61 Å². The van der Waals surface area contributed by atoms with Gasteiger partial charge in [0.05, 0.1) is 12.2 Å². The molecule has 1 aliphatic rings. The molecule has 0 radical (unpaired) electrons. The van der Waals surface area contributed by atoms with E-state index in [2.05, 4.69) is 6.92 Å². The molecule has 1 aliphatic carbocycles. The van der Waals surface area contributed by atoms with Crippen LogP contribution in [-0.2, 0) is 4.74 Å². The van der Waals surface area contributed by atoms with E-state index >= 15 is 0 Å². The zero-order chi connectivity index (χ0) is 10.9. The Morgan fingerprint density at radius 2 is 1.80 bits per heavy atom. The quantitative estimate of drug-likeness (QED) is 0.628. The number of aliphatic hydroxyl groups is 1. The van der Waals surface area contributed by atoms with Gasteiger partial charge in [-0.05, 0) is 25.7 Å². The number of hydrogen-bond donors (Lipinski definition) is 1. The highest BCUT2D eigenvalue weighted by Crippen LogP contribution is 2.22. The van der Waals surface area contributed by atoms with Gasteiger partial charge in [-0.1, -0.05) is 39.0 Å². The average molecular weight is 214 g/mol. The maximum absolute atomic E-state index is 9.32. The predicted molar refractivity (Wildman–Crippen MR) is 63.0 cm³/mol. The lowest BCUT2D eigenvalue weighted by Gasteiger charge is -2.10. The van der Waals surface area contributed by atoms with Crippen molar-refractivity contribution in [2.24, 2.45) is 0 Å². The average Bonchev–Trinajstić information content (AvgIpc) is 2.63. The van der Waals surface area contributed by atoms with Gasteiger partial charge in [0.1, 0.15) is 0 Å². The molecule has 0 aromatic heterocycles. The fourth-order valence-corrected chi connectivity index (χ4v) is 2.20. The Morgan fingerprint density at radius 1 is 1.07 bits per heavy atom. The summed E-state index contributed by atoms with van der Waals surface area (Å²) in [6.45, 7) is 3.14. The van der Waals surface area contributed by atoms with Crippen LogP contribution in [0.25, 0.3) is 0 Å². The third kappa shape index (κ3) is 6.16. The van der Waals surface area contributed by atoms with Gasteiger partial charge < -0.3 is 9.84 Å². The van der Waals surface area contributed by atoms with Crippen LogP contribution < -0.4 is 0 Å². The van der Waals surface area contributed by atoms with Crippen molar-refractivity contribution in [1.82, 2.24) is 0 Å². The van der Waals surface area contributed by atoms with Gasteiger partial charge in [-0.15, -0.1) is 0 Å². The lowest BCUT2D eigenvalue weighted by molar-refractivity contribution is 0.0450. The molecule has 0 bridgehead atoms. The van der Waals surface area contributed by atoms with Gasteiger partial charge >= 0.3 is 0 Å². The highest BCUT2D eigenvalue weighted by molar-refractivity contribution is 4.74. The van der Waals surface area contributed by atoms with E-state index in [0.717, 1.165) is 25.9 Å². The summed E-state index contributed by atoms with van der Waals surface area (Å²) in [6.07, 6.45) is 11.0. The van der Waals surface area contributed by atoms with Crippen molar-refractivity contribution in [3.8, 4) is 0 Å². The molecule has 0 amide bonds. The van der Waals surface area contributed by atoms with Crippen LogP contribution in [0, 0.1) is 0 Å². The summed E-state index contributed by atoms with van der Waals surface area (Å²) in [5, 5.41) is 9.32. The molecule has 1 saturated carbocycles. The summed E-state index contributed by atoms with van der Waals surface area (Å²) in [7, 11) is 0. The number of unbranched alkanes of at least 4 members (excludes halogenated alkanes) is 5. The van der Waals surface area contributed by atoms with Crippen LogP contribution in [-0.4, -0.2) is 23.9 Å². The third-order valence-corrected chi connectivity index (χ3v) is 3.21. The molecule has 2 heteroatoms. The highest BCUT2D eigenvalue weighted by atomic mass is 16.5. The standard InChI is InChI=1S/C13H26O2/c1-2-3-4-5-6-7-10-15-13-9-8-12(14)11-13/h12-14H,2-11H2,1H3. The molecule has 1 fully saturated rings. The summed E-state index contributed by atoms with van der Waals surface area (Å²) in [6, 6.07) is 0. The second-order valence-electron chi connectivity index (χ2n) is 4.73. The first-order valence-electron chi connectivity index (χ1n) is 6.62. The topological polar surface area (TPSA) is 29.5 Å². The molecule has 2 unspecified atom stereocenters. The minimum absolute atomic E-state index is 0.0976. The number of hydrogen-bond acceptors (Lipinski definition) is 2. The van der Waals surface area contributed by atoms with Crippen molar-refractivity contribution in [1.29, 1.82) is 0 Å². The monoisotopic (exact) mass is 214 g/mol. The first kappa shape index (κ1) is 13.0. The largest absolute Gasteiger partial charge is 0.393 e. The summed E-state index contributed by atoms with van der Waals surface area (Å²) in [5.41, 5.74) is 0. The van der Waals surface area contributed by atoms with Crippen LogP contribution >= 0.6 is 0 Å². The first-order chi connectivity index (χ1) is 7.33. The highest BCUT2D eigenvalue weighted by Gasteiger charge is 2.22. The minimum atomic E-state index is -0.0976. The van der Waals surface area contributed by atoms with Crippen molar-refractivity contribution in [3.05, 3.63) is 0 Å². The van der Waals surface area contributed by atoms with Gasteiger partial charge in [0.25, 0.3) is 0 Å². The van der Waals surface area contributed by atoms with Crippen LogP contribution in [0.4, 0.5) is 0 Å². The van der Waals surface area contributed by atoms with Gasteiger partial charge in [0.2, 0.25) is 0 Å². The van der Waals surface area contributed by atoms with Crippen molar-refractivity contribution in [3.63, 3.8) is 0 Å².